The van der Waals surface area contributed by atoms with Gasteiger partial charge < -0.3 is 24.6 Å². The van der Waals surface area contributed by atoms with Crippen LogP contribution in [0.1, 0.15) is 10.4 Å². The minimum atomic E-state index is -0.885. The molecule has 2 unspecified atom stereocenters. The number of carbonyl (C=O) groups is 1. The van der Waals surface area contributed by atoms with Gasteiger partial charge in [0.05, 0.1) is 26.4 Å². The number of ether oxygens (including phenoxy) is 2. The van der Waals surface area contributed by atoms with Crippen molar-refractivity contribution in [3.05, 3.63) is 23.8 Å². The molecule has 1 fully saturated rings. The number of β-amino-alcohol motifs (C(OH)–C–C–N with tert-alkyl or cyclic N) is 2. The number of hydrogen-bond donors (Lipinski definition) is 2. The molecule has 2 atom stereocenters. The lowest BCUT2D eigenvalue weighted by Gasteiger charge is -2.16. The van der Waals surface area contributed by atoms with Crippen LogP contribution in [0.5, 0.6) is 11.5 Å². The first-order chi connectivity index (χ1) is 9.06. The van der Waals surface area contributed by atoms with Gasteiger partial charge in [0.1, 0.15) is 0 Å². The first-order valence-corrected chi connectivity index (χ1v) is 5.94. The number of carbonyl (C=O) groups excluding carboxylic acids is 1. The maximum Gasteiger partial charge on any atom is 0.254 e. The highest BCUT2D eigenvalue weighted by atomic mass is 16.5. The van der Waals surface area contributed by atoms with Crippen LogP contribution in [0.15, 0.2) is 18.2 Å². The summed E-state index contributed by atoms with van der Waals surface area (Å²) >= 11 is 0. The van der Waals surface area contributed by atoms with E-state index in [2.05, 4.69) is 0 Å². The number of benzene rings is 1. The monoisotopic (exact) mass is 267 g/mol. The van der Waals surface area contributed by atoms with Gasteiger partial charge in [-0.15, -0.1) is 0 Å². The van der Waals surface area contributed by atoms with E-state index in [1.165, 1.54) is 19.1 Å². The second-order valence-electron chi connectivity index (χ2n) is 4.41. The average molecular weight is 267 g/mol. The molecule has 1 aliphatic rings. The van der Waals surface area contributed by atoms with E-state index in [0.717, 1.165) is 0 Å². The van der Waals surface area contributed by atoms with Crippen LogP contribution in [-0.2, 0) is 0 Å². The third kappa shape index (κ3) is 2.64. The van der Waals surface area contributed by atoms with Crippen molar-refractivity contribution in [3.8, 4) is 11.5 Å². The van der Waals surface area contributed by atoms with Crippen molar-refractivity contribution in [2.75, 3.05) is 27.3 Å². The molecule has 1 aliphatic heterocycles. The van der Waals surface area contributed by atoms with E-state index in [4.69, 9.17) is 9.47 Å². The summed E-state index contributed by atoms with van der Waals surface area (Å²) in [6.45, 7) is 0.267. The Morgan fingerprint density at radius 1 is 1.16 bits per heavy atom. The van der Waals surface area contributed by atoms with Gasteiger partial charge in [0, 0.05) is 18.7 Å². The van der Waals surface area contributed by atoms with Crippen molar-refractivity contribution < 1.29 is 24.5 Å². The lowest BCUT2D eigenvalue weighted by molar-refractivity contribution is 0.0572. The summed E-state index contributed by atoms with van der Waals surface area (Å²) in [5, 5.41) is 18.9. The zero-order valence-corrected chi connectivity index (χ0v) is 10.9. The third-order valence-corrected chi connectivity index (χ3v) is 3.18. The van der Waals surface area contributed by atoms with Crippen LogP contribution in [0, 0.1) is 0 Å². The molecule has 6 heteroatoms. The fourth-order valence-electron chi connectivity index (χ4n) is 2.09. The Bertz CT molecular complexity index is 466. The molecule has 2 N–H and O–H groups in total. The van der Waals surface area contributed by atoms with Crippen LogP contribution in [0.25, 0.3) is 0 Å². The van der Waals surface area contributed by atoms with E-state index in [1.54, 1.807) is 18.2 Å². The fraction of sp³-hybridized carbons (Fsp3) is 0.462. The Balaban J connectivity index is 2.20. The van der Waals surface area contributed by atoms with E-state index in [0.29, 0.717) is 17.1 Å². The van der Waals surface area contributed by atoms with Crippen LogP contribution in [-0.4, -0.2) is 60.5 Å². The number of hydrogen-bond acceptors (Lipinski definition) is 5. The van der Waals surface area contributed by atoms with Gasteiger partial charge in [0.25, 0.3) is 5.91 Å². The molecule has 6 nitrogen and oxygen atoms in total. The number of likely N-dealkylation sites (tertiary alicyclic amines) is 1. The molecule has 1 aromatic rings. The zero-order valence-electron chi connectivity index (χ0n) is 10.9. The van der Waals surface area contributed by atoms with Crippen LogP contribution in [0.2, 0.25) is 0 Å². The molecule has 1 aromatic carbocycles. The second kappa shape index (κ2) is 5.46. The van der Waals surface area contributed by atoms with Gasteiger partial charge in [0.15, 0.2) is 11.5 Å². The van der Waals surface area contributed by atoms with Gasteiger partial charge in [-0.25, -0.2) is 0 Å². The Morgan fingerprint density at radius 3 is 2.26 bits per heavy atom. The van der Waals surface area contributed by atoms with Crippen LogP contribution in [0.4, 0.5) is 0 Å². The van der Waals surface area contributed by atoms with E-state index < -0.39 is 12.2 Å². The van der Waals surface area contributed by atoms with Gasteiger partial charge in [0.2, 0.25) is 0 Å². The summed E-state index contributed by atoms with van der Waals surface area (Å²) in [6, 6.07) is 4.86. The van der Waals surface area contributed by atoms with Crippen LogP contribution in [0.3, 0.4) is 0 Å². The summed E-state index contributed by atoms with van der Waals surface area (Å²) < 4.78 is 10.2. The molecule has 0 radical (unpaired) electrons. The molecule has 0 spiro atoms. The minimum absolute atomic E-state index is 0.133. The van der Waals surface area contributed by atoms with Crippen molar-refractivity contribution >= 4 is 5.91 Å². The Morgan fingerprint density at radius 2 is 1.74 bits per heavy atom. The zero-order chi connectivity index (χ0) is 14.0. The third-order valence-electron chi connectivity index (χ3n) is 3.18. The molecule has 104 valence electrons. The highest BCUT2D eigenvalue weighted by molar-refractivity contribution is 5.95. The smallest absolute Gasteiger partial charge is 0.254 e. The van der Waals surface area contributed by atoms with Gasteiger partial charge in [-0.05, 0) is 18.2 Å². The number of amides is 1. The first kappa shape index (κ1) is 13.6. The predicted octanol–water partition coefficient (Wildman–Crippen LogP) is -0.119. The normalized spacial score (nSPS) is 22.4. The summed E-state index contributed by atoms with van der Waals surface area (Å²) in [6.07, 6.45) is -1.77. The lowest BCUT2D eigenvalue weighted by Crippen LogP contribution is -2.29. The molecule has 2 rings (SSSR count). The number of nitrogens with zero attached hydrogens (tertiary/aromatic N) is 1. The molecule has 19 heavy (non-hydrogen) atoms. The van der Waals surface area contributed by atoms with E-state index in [-0.39, 0.29) is 19.0 Å². The Kier molecular flexibility index (Phi) is 3.92. The average Bonchev–Trinajstić information content (AvgIpc) is 2.77. The van der Waals surface area contributed by atoms with E-state index in [9.17, 15) is 15.0 Å². The predicted molar refractivity (Wildman–Crippen MR) is 67.5 cm³/mol. The Hall–Kier alpha value is -1.79. The van der Waals surface area contributed by atoms with Crippen molar-refractivity contribution in [1.29, 1.82) is 0 Å². The number of aliphatic hydroxyl groups excluding tert-OH is 2. The summed E-state index contributed by atoms with van der Waals surface area (Å²) in [5.74, 6) is 0.755. The molecule has 0 aromatic heterocycles. The van der Waals surface area contributed by atoms with Crippen molar-refractivity contribution in [1.82, 2.24) is 4.90 Å². The largest absolute Gasteiger partial charge is 0.493 e. The fourth-order valence-corrected chi connectivity index (χ4v) is 2.09. The number of aliphatic hydroxyl groups is 2. The highest BCUT2D eigenvalue weighted by Crippen LogP contribution is 2.28. The molecule has 0 aliphatic carbocycles. The first-order valence-electron chi connectivity index (χ1n) is 5.94. The molecule has 1 amide bonds. The van der Waals surface area contributed by atoms with Gasteiger partial charge >= 0.3 is 0 Å². The highest BCUT2D eigenvalue weighted by Gasteiger charge is 2.33. The molecule has 0 bridgehead atoms. The molecule has 1 heterocycles. The number of methoxy groups -OCH3 is 2. The van der Waals surface area contributed by atoms with Crippen molar-refractivity contribution in [2.24, 2.45) is 0 Å². The maximum atomic E-state index is 12.2. The lowest BCUT2D eigenvalue weighted by atomic mass is 10.1. The SMILES string of the molecule is COc1ccc(C(=O)N2CC(O)C(O)C2)cc1OC. The van der Waals surface area contributed by atoms with Crippen molar-refractivity contribution in [2.45, 2.75) is 12.2 Å². The van der Waals surface area contributed by atoms with Crippen LogP contribution >= 0.6 is 0 Å². The van der Waals surface area contributed by atoms with Crippen molar-refractivity contribution in [3.63, 3.8) is 0 Å². The van der Waals surface area contributed by atoms with Gasteiger partial charge in [-0.1, -0.05) is 0 Å². The standard InChI is InChI=1S/C13H17NO5/c1-18-11-4-3-8(5-12(11)19-2)13(17)14-6-9(15)10(16)7-14/h3-5,9-10,15-16H,6-7H2,1-2H3. The summed E-state index contributed by atoms with van der Waals surface area (Å²) in [4.78, 5) is 13.6. The molecule has 1 saturated heterocycles. The van der Waals surface area contributed by atoms with Gasteiger partial charge in [-0.3, -0.25) is 4.79 Å². The minimum Gasteiger partial charge on any atom is -0.493 e. The van der Waals surface area contributed by atoms with Crippen LogP contribution < -0.4 is 9.47 Å². The van der Waals surface area contributed by atoms with Gasteiger partial charge in [-0.2, -0.15) is 0 Å². The van der Waals surface area contributed by atoms with E-state index >= 15 is 0 Å². The second-order valence-corrected chi connectivity index (χ2v) is 4.41. The molecule has 0 saturated carbocycles. The topological polar surface area (TPSA) is 79.2 Å². The Labute approximate surface area is 111 Å². The maximum absolute atomic E-state index is 12.2. The summed E-state index contributed by atoms with van der Waals surface area (Å²) in [5.41, 5.74) is 0.430. The molecular weight excluding hydrogens is 250 g/mol. The quantitative estimate of drug-likeness (QED) is 0.798. The number of rotatable bonds is 3. The summed E-state index contributed by atoms with van der Waals surface area (Å²) in [7, 11) is 3.02. The van der Waals surface area contributed by atoms with E-state index in [1.807, 2.05) is 0 Å². The molecular formula is C13H17NO5.